The molecule has 0 bridgehead atoms. The highest BCUT2D eigenvalue weighted by Gasteiger charge is 2.44. The van der Waals surface area contributed by atoms with Crippen LogP contribution in [-0.2, 0) is 14.3 Å². The summed E-state index contributed by atoms with van der Waals surface area (Å²) in [6, 6.07) is -1.42. The highest BCUT2D eigenvalue weighted by atomic mass is 16.6. The molecule has 0 aromatic heterocycles. The number of aliphatic hydroxyl groups is 4. The maximum atomic E-state index is 11.5. The van der Waals surface area contributed by atoms with Gasteiger partial charge in [0.2, 0.25) is 5.91 Å². The quantitative estimate of drug-likeness (QED) is 0.263. The molecule has 1 rings (SSSR count). The second kappa shape index (κ2) is 6.92. The van der Waals surface area contributed by atoms with Crippen LogP contribution in [0.2, 0.25) is 0 Å². The Labute approximate surface area is 113 Å². The number of amides is 1. The van der Waals surface area contributed by atoms with Gasteiger partial charge in [0.25, 0.3) is 0 Å². The lowest BCUT2D eigenvalue weighted by Crippen LogP contribution is -2.63. The molecule has 0 aliphatic carbocycles. The first-order valence-electron chi connectivity index (χ1n) is 5.86. The third-order valence-corrected chi connectivity index (χ3v) is 2.92. The SMILES string of the molecule is N[C@@H](CC(=O)N[C@@H]1O[C@H](CO)[C@@H](O)[C@H](O)[C@H]1O)C(=O)O. The smallest absolute Gasteiger partial charge is 0.321 e. The summed E-state index contributed by atoms with van der Waals surface area (Å²) in [7, 11) is 0. The maximum absolute atomic E-state index is 11.5. The summed E-state index contributed by atoms with van der Waals surface area (Å²) in [4.78, 5) is 22.0. The Hall–Kier alpha value is -1.30. The van der Waals surface area contributed by atoms with Gasteiger partial charge in [0.05, 0.1) is 13.0 Å². The van der Waals surface area contributed by atoms with Gasteiger partial charge in [-0.15, -0.1) is 0 Å². The van der Waals surface area contributed by atoms with Gasteiger partial charge >= 0.3 is 5.97 Å². The van der Waals surface area contributed by atoms with Crippen LogP contribution in [0.15, 0.2) is 0 Å². The lowest BCUT2D eigenvalue weighted by Gasteiger charge is -2.40. The monoisotopic (exact) mass is 294 g/mol. The van der Waals surface area contributed by atoms with Crippen LogP contribution in [0.25, 0.3) is 0 Å². The average molecular weight is 294 g/mol. The van der Waals surface area contributed by atoms with Crippen LogP contribution in [0.4, 0.5) is 0 Å². The molecule has 1 aliphatic rings. The Morgan fingerprint density at radius 2 is 1.80 bits per heavy atom. The first kappa shape index (κ1) is 16.8. The van der Waals surface area contributed by atoms with Crippen LogP contribution in [0, 0.1) is 0 Å². The van der Waals surface area contributed by atoms with Crippen LogP contribution in [0.3, 0.4) is 0 Å². The van der Waals surface area contributed by atoms with Crippen molar-refractivity contribution in [3.05, 3.63) is 0 Å². The normalized spacial score (nSPS) is 35.4. The highest BCUT2D eigenvalue weighted by molar-refractivity contribution is 5.84. The molecule has 0 spiro atoms. The molecule has 116 valence electrons. The molecular weight excluding hydrogens is 276 g/mol. The Morgan fingerprint density at radius 3 is 2.30 bits per heavy atom. The third-order valence-electron chi connectivity index (χ3n) is 2.92. The zero-order valence-corrected chi connectivity index (χ0v) is 10.4. The van der Waals surface area contributed by atoms with E-state index in [1.165, 1.54) is 0 Å². The van der Waals surface area contributed by atoms with E-state index in [1.54, 1.807) is 0 Å². The minimum absolute atomic E-state index is 0.551. The number of aliphatic hydroxyl groups excluding tert-OH is 4. The summed E-state index contributed by atoms with van der Waals surface area (Å²) in [5.74, 6) is -2.18. The van der Waals surface area contributed by atoms with Crippen molar-refractivity contribution in [3.63, 3.8) is 0 Å². The number of nitrogens with two attached hydrogens (primary N) is 1. The van der Waals surface area contributed by atoms with Gasteiger partial charge in [-0.3, -0.25) is 9.59 Å². The topological polar surface area (TPSA) is 183 Å². The molecule has 1 heterocycles. The van der Waals surface area contributed by atoms with E-state index in [1.807, 2.05) is 0 Å². The van der Waals surface area contributed by atoms with E-state index < -0.39 is 61.6 Å². The highest BCUT2D eigenvalue weighted by Crippen LogP contribution is 2.19. The predicted molar refractivity (Wildman–Crippen MR) is 62.1 cm³/mol. The van der Waals surface area contributed by atoms with E-state index in [4.69, 9.17) is 20.7 Å². The first-order valence-corrected chi connectivity index (χ1v) is 5.86. The number of nitrogens with one attached hydrogen (secondary N) is 1. The molecule has 0 aromatic carbocycles. The Balaban J connectivity index is 2.61. The number of hydrogen-bond donors (Lipinski definition) is 7. The van der Waals surface area contributed by atoms with E-state index in [-0.39, 0.29) is 0 Å². The van der Waals surface area contributed by atoms with Crippen molar-refractivity contribution in [2.45, 2.75) is 43.1 Å². The second-order valence-corrected chi connectivity index (χ2v) is 4.47. The lowest BCUT2D eigenvalue weighted by molar-refractivity contribution is -0.236. The van der Waals surface area contributed by atoms with Gasteiger partial charge in [-0.1, -0.05) is 0 Å². The molecule has 8 N–H and O–H groups in total. The van der Waals surface area contributed by atoms with E-state index in [2.05, 4.69) is 5.32 Å². The Morgan fingerprint density at radius 1 is 1.20 bits per heavy atom. The van der Waals surface area contributed by atoms with Crippen molar-refractivity contribution >= 4 is 11.9 Å². The molecule has 1 amide bonds. The molecule has 10 nitrogen and oxygen atoms in total. The molecular formula is C10H18N2O8. The average Bonchev–Trinajstić information content (AvgIpc) is 2.39. The fourth-order valence-electron chi connectivity index (χ4n) is 1.73. The fourth-order valence-corrected chi connectivity index (χ4v) is 1.73. The Bertz CT molecular complexity index is 363. The molecule has 1 saturated heterocycles. The summed E-state index contributed by atoms with van der Waals surface area (Å²) >= 11 is 0. The maximum Gasteiger partial charge on any atom is 0.321 e. The minimum atomic E-state index is -1.63. The number of carbonyl (C=O) groups is 2. The van der Waals surface area contributed by atoms with Crippen LogP contribution in [-0.4, -0.2) is 80.7 Å². The van der Waals surface area contributed by atoms with Crippen LogP contribution >= 0.6 is 0 Å². The molecule has 6 atom stereocenters. The number of carboxylic acids is 1. The molecule has 0 aromatic rings. The number of carboxylic acid groups (broad SMARTS) is 1. The molecule has 0 unspecified atom stereocenters. The number of rotatable bonds is 5. The van der Waals surface area contributed by atoms with E-state index >= 15 is 0 Å². The summed E-state index contributed by atoms with van der Waals surface area (Å²) in [5, 5.41) is 48.3. The number of hydrogen-bond acceptors (Lipinski definition) is 8. The van der Waals surface area contributed by atoms with E-state index in [0.29, 0.717) is 0 Å². The summed E-state index contributed by atoms with van der Waals surface area (Å²) < 4.78 is 5.01. The van der Waals surface area contributed by atoms with Gasteiger partial charge in [-0.2, -0.15) is 0 Å². The molecule has 20 heavy (non-hydrogen) atoms. The van der Waals surface area contributed by atoms with Crippen molar-refractivity contribution in [3.8, 4) is 0 Å². The first-order chi connectivity index (χ1) is 9.27. The zero-order chi connectivity index (χ0) is 15.4. The van der Waals surface area contributed by atoms with Gasteiger partial charge in [0.15, 0.2) is 6.23 Å². The molecule has 0 radical (unpaired) electrons. The fraction of sp³-hybridized carbons (Fsp3) is 0.800. The Kier molecular flexibility index (Phi) is 5.80. The molecule has 0 saturated carbocycles. The van der Waals surface area contributed by atoms with E-state index in [9.17, 15) is 24.9 Å². The van der Waals surface area contributed by atoms with Gasteiger partial charge in [0, 0.05) is 0 Å². The van der Waals surface area contributed by atoms with Crippen molar-refractivity contribution in [2.24, 2.45) is 5.73 Å². The van der Waals surface area contributed by atoms with Gasteiger partial charge in [0.1, 0.15) is 30.5 Å². The zero-order valence-electron chi connectivity index (χ0n) is 10.4. The van der Waals surface area contributed by atoms with Crippen LogP contribution in [0.1, 0.15) is 6.42 Å². The van der Waals surface area contributed by atoms with Gasteiger partial charge < -0.3 is 41.3 Å². The van der Waals surface area contributed by atoms with Gasteiger partial charge in [-0.25, -0.2) is 0 Å². The predicted octanol–water partition coefficient (Wildman–Crippen LogP) is -4.30. The molecule has 1 aliphatic heterocycles. The van der Waals surface area contributed by atoms with E-state index in [0.717, 1.165) is 0 Å². The van der Waals surface area contributed by atoms with Crippen LogP contribution in [0.5, 0.6) is 0 Å². The van der Waals surface area contributed by atoms with Crippen LogP contribution < -0.4 is 11.1 Å². The number of aliphatic carboxylic acids is 1. The molecule has 1 fully saturated rings. The van der Waals surface area contributed by atoms with Crippen molar-refractivity contribution in [1.29, 1.82) is 0 Å². The lowest BCUT2D eigenvalue weighted by atomic mass is 9.98. The van der Waals surface area contributed by atoms with Crippen molar-refractivity contribution in [1.82, 2.24) is 5.32 Å². The number of carbonyl (C=O) groups excluding carboxylic acids is 1. The number of ether oxygens (including phenoxy) is 1. The molecule has 10 heteroatoms. The third kappa shape index (κ3) is 3.85. The summed E-state index contributed by atoms with van der Waals surface area (Å²) in [5.41, 5.74) is 5.17. The van der Waals surface area contributed by atoms with Crippen molar-refractivity contribution < 1.29 is 39.9 Å². The largest absolute Gasteiger partial charge is 0.480 e. The second-order valence-electron chi connectivity index (χ2n) is 4.47. The summed E-state index contributed by atoms with van der Waals surface area (Å²) in [6.07, 6.45) is -7.89. The standard InChI is InChI=1S/C10H18N2O8/c11-3(10(18)19)1-5(14)12-9-8(17)7(16)6(15)4(2-13)20-9/h3-4,6-9,13,15-17H,1-2,11H2,(H,12,14)(H,18,19)/t3-,4+,6+,7-,8+,9+/m0/s1. The van der Waals surface area contributed by atoms with Gasteiger partial charge in [-0.05, 0) is 0 Å². The minimum Gasteiger partial charge on any atom is -0.480 e. The summed E-state index contributed by atoms with van der Waals surface area (Å²) in [6.45, 7) is -0.633. The van der Waals surface area contributed by atoms with Crippen molar-refractivity contribution in [2.75, 3.05) is 6.61 Å².